The lowest BCUT2D eigenvalue weighted by Gasteiger charge is -2.04. The third kappa shape index (κ3) is 1.39. The molecule has 1 aliphatic heterocycles. The number of nitriles is 1. The van der Waals surface area contributed by atoms with E-state index in [0.717, 1.165) is 17.6 Å². The number of anilines is 1. The van der Waals surface area contributed by atoms with Crippen LogP contribution in [0.3, 0.4) is 0 Å². The van der Waals surface area contributed by atoms with E-state index in [4.69, 9.17) is 5.26 Å². The molecule has 0 unspecified atom stereocenters. The fourth-order valence-electron chi connectivity index (χ4n) is 2.80. The van der Waals surface area contributed by atoms with Gasteiger partial charge in [0.1, 0.15) is 0 Å². The molecule has 1 saturated carbocycles. The number of nitrogens with zero attached hydrogens (tertiary/aromatic N) is 2. The molecule has 2 heteroatoms. The molecule has 0 radical (unpaired) electrons. The van der Waals surface area contributed by atoms with E-state index in [0.29, 0.717) is 0 Å². The van der Waals surface area contributed by atoms with Gasteiger partial charge in [-0.15, -0.1) is 0 Å². The van der Waals surface area contributed by atoms with Gasteiger partial charge in [0.15, 0.2) is 0 Å². The zero-order valence-corrected chi connectivity index (χ0v) is 8.69. The SMILES string of the molecule is N#Cc1ccc(N2[C@@H]3CCCC[C@@H]32)cc1. The van der Waals surface area contributed by atoms with Gasteiger partial charge in [0.25, 0.3) is 0 Å². The molecular weight excluding hydrogens is 184 g/mol. The Morgan fingerprint density at radius 2 is 1.67 bits per heavy atom. The molecule has 1 aliphatic carbocycles. The van der Waals surface area contributed by atoms with Crippen LogP contribution in [0.2, 0.25) is 0 Å². The van der Waals surface area contributed by atoms with Gasteiger partial charge in [-0.3, -0.25) is 0 Å². The predicted octanol–water partition coefficient (Wildman–Crippen LogP) is 2.69. The fourth-order valence-corrected chi connectivity index (χ4v) is 2.80. The van der Waals surface area contributed by atoms with Gasteiger partial charge in [0.05, 0.1) is 11.6 Å². The van der Waals surface area contributed by atoms with Crippen LogP contribution in [0.4, 0.5) is 5.69 Å². The van der Waals surface area contributed by atoms with Crippen LogP contribution >= 0.6 is 0 Å². The summed E-state index contributed by atoms with van der Waals surface area (Å²) in [5.41, 5.74) is 2.05. The largest absolute Gasteiger partial charge is 0.361 e. The Balaban J connectivity index is 1.80. The smallest absolute Gasteiger partial charge is 0.0991 e. The van der Waals surface area contributed by atoms with Crippen molar-refractivity contribution in [2.75, 3.05) is 4.90 Å². The molecule has 2 aliphatic rings. The van der Waals surface area contributed by atoms with Crippen molar-refractivity contribution in [2.24, 2.45) is 0 Å². The first kappa shape index (κ1) is 8.79. The number of rotatable bonds is 1. The van der Waals surface area contributed by atoms with Gasteiger partial charge in [-0.25, -0.2) is 0 Å². The second-order valence-corrected chi connectivity index (χ2v) is 4.49. The molecule has 0 spiro atoms. The van der Waals surface area contributed by atoms with E-state index < -0.39 is 0 Å². The van der Waals surface area contributed by atoms with Crippen LogP contribution in [0.15, 0.2) is 24.3 Å². The van der Waals surface area contributed by atoms with Gasteiger partial charge in [-0.1, -0.05) is 12.8 Å². The standard InChI is InChI=1S/C13H14N2/c14-9-10-5-7-11(8-6-10)15-12-3-1-2-4-13(12)15/h5-8,12-13H,1-4H2/t12-,13+,15?. The number of hydrogen-bond donors (Lipinski definition) is 0. The summed E-state index contributed by atoms with van der Waals surface area (Å²) in [6.07, 6.45) is 5.47. The highest BCUT2D eigenvalue weighted by atomic mass is 15.4. The molecule has 2 nitrogen and oxygen atoms in total. The summed E-state index contributed by atoms with van der Waals surface area (Å²) in [4.78, 5) is 2.51. The number of benzene rings is 1. The number of fused-ring (bicyclic) bond motifs is 1. The van der Waals surface area contributed by atoms with Crippen LogP contribution in [0.25, 0.3) is 0 Å². The Morgan fingerprint density at radius 1 is 1.07 bits per heavy atom. The fraction of sp³-hybridized carbons (Fsp3) is 0.462. The Hall–Kier alpha value is -1.49. The maximum atomic E-state index is 8.73. The lowest BCUT2D eigenvalue weighted by atomic mass is 10.0. The summed E-state index contributed by atoms with van der Waals surface area (Å²) >= 11 is 0. The van der Waals surface area contributed by atoms with Gasteiger partial charge in [-0.2, -0.15) is 5.26 Å². The Bertz CT molecular complexity index is 390. The summed E-state index contributed by atoms with van der Waals surface area (Å²) in [6.45, 7) is 0. The van der Waals surface area contributed by atoms with E-state index in [-0.39, 0.29) is 0 Å². The normalized spacial score (nSPS) is 28.1. The van der Waals surface area contributed by atoms with Gasteiger partial charge in [0, 0.05) is 17.8 Å². The molecule has 3 rings (SSSR count). The molecule has 0 bridgehead atoms. The van der Waals surface area contributed by atoms with Crippen LogP contribution in [-0.4, -0.2) is 12.1 Å². The summed E-state index contributed by atoms with van der Waals surface area (Å²) in [5, 5.41) is 8.73. The van der Waals surface area contributed by atoms with Crippen LogP contribution in [0, 0.1) is 11.3 Å². The van der Waals surface area contributed by atoms with Gasteiger partial charge >= 0.3 is 0 Å². The highest BCUT2D eigenvalue weighted by Crippen LogP contribution is 2.43. The van der Waals surface area contributed by atoms with Crippen molar-refractivity contribution in [1.29, 1.82) is 5.26 Å². The summed E-state index contributed by atoms with van der Waals surface area (Å²) < 4.78 is 0. The Kier molecular flexibility index (Phi) is 1.92. The third-order valence-corrected chi connectivity index (χ3v) is 3.61. The van der Waals surface area contributed by atoms with Gasteiger partial charge in [-0.05, 0) is 37.1 Å². The highest BCUT2D eigenvalue weighted by Gasteiger charge is 2.47. The summed E-state index contributed by atoms with van der Waals surface area (Å²) in [5.74, 6) is 0. The van der Waals surface area contributed by atoms with Crippen LogP contribution in [-0.2, 0) is 0 Å². The topological polar surface area (TPSA) is 26.8 Å². The summed E-state index contributed by atoms with van der Waals surface area (Å²) in [7, 11) is 0. The van der Waals surface area contributed by atoms with Gasteiger partial charge in [0.2, 0.25) is 0 Å². The average molecular weight is 198 g/mol. The highest BCUT2D eigenvalue weighted by molar-refractivity contribution is 5.58. The third-order valence-electron chi connectivity index (χ3n) is 3.61. The molecule has 15 heavy (non-hydrogen) atoms. The average Bonchev–Trinajstić information content (AvgIpc) is 3.03. The molecule has 0 amide bonds. The van der Waals surface area contributed by atoms with Crippen LogP contribution in [0.5, 0.6) is 0 Å². The molecule has 0 N–H and O–H groups in total. The Labute approximate surface area is 90.1 Å². The molecule has 1 saturated heterocycles. The van der Waals surface area contributed by atoms with E-state index in [1.165, 1.54) is 31.4 Å². The molecule has 1 aromatic carbocycles. The minimum absolute atomic E-state index is 0.753. The van der Waals surface area contributed by atoms with E-state index in [2.05, 4.69) is 23.1 Å². The summed E-state index contributed by atoms with van der Waals surface area (Å²) in [6, 6.07) is 11.7. The lowest BCUT2D eigenvalue weighted by Crippen LogP contribution is -2.00. The lowest BCUT2D eigenvalue weighted by molar-refractivity contribution is 0.571. The minimum atomic E-state index is 0.753. The van der Waals surface area contributed by atoms with Crippen molar-refractivity contribution >= 4 is 5.69 Å². The zero-order chi connectivity index (χ0) is 10.3. The van der Waals surface area contributed by atoms with Crippen molar-refractivity contribution in [2.45, 2.75) is 37.8 Å². The second-order valence-electron chi connectivity index (χ2n) is 4.49. The molecular formula is C13H14N2. The first-order valence-corrected chi connectivity index (χ1v) is 5.68. The zero-order valence-electron chi connectivity index (χ0n) is 8.69. The number of hydrogen-bond acceptors (Lipinski definition) is 2. The maximum Gasteiger partial charge on any atom is 0.0991 e. The van der Waals surface area contributed by atoms with Crippen molar-refractivity contribution in [3.05, 3.63) is 29.8 Å². The molecule has 0 aromatic heterocycles. The molecule has 2 atom stereocenters. The predicted molar refractivity (Wildman–Crippen MR) is 59.7 cm³/mol. The molecule has 1 heterocycles. The monoisotopic (exact) mass is 198 g/mol. The quantitative estimate of drug-likeness (QED) is 0.649. The van der Waals surface area contributed by atoms with Crippen molar-refractivity contribution in [3.8, 4) is 6.07 Å². The Morgan fingerprint density at radius 3 is 2.20 bits per heavy atom. The van der Waals surface area contributed by atoms with Crippen LogP contribution in [0.1, 0.15) is 31.2 Å². The van der Waals surface area contributed by atoms with Gasteiger partial charge < -0.3 is 4.90 Å². The molecule has 2 fully saturated rings. The minimum Gasteiger partial charge on any atom is -0.361 e. The van der Waals surface area contributed by atoms with Crippen molar-refractivity contribution in [3.63, 3.8) is 0 Å². The van der Waals surface area contributed by atoms with Crippen molar-refractivity contribution < 1.29 is 0 Å². The second kappa shape index (κ2) is 3.27. The van der Waals surface area contributed by atoms with Crippen molar-refractivity contribution in [1.82, 2.24) is 0 Å². The van der Waals surface area contributed by atoms with E-state index >= 15 is 0 Å². The first-order valence-electron chi connectivity index (χ1n) is 5.68. The van der Waals surface area contributed by atoms with E-state index in [9.17, 15) is 0 Å². The van der Waals surface area contributed by atoms with E-state index in [1.807, 2.05) is 12.1 Å². The van der Waals surface area contributed by atoms with Crippen LogP contribution < -0.4 is 4.90 Å². The molecule has 76 valence electrons. The maximum absolute atomic E-state index is 8.73. The first-order chi connectivity index (χ1) is 7.40. The molecule has 1 aromatic rings. The van der Waals surface area contributed by atoms with E-state index in [1.54, 1.807) is 0 Å².